The minimum absolute atomic E-state index is 0.695. The lowest BCUT2D eigenvalue weighted by molar-refractivity contribution is -0.371. The first-order valence-corrected chi connectivity index (χ1v) is 17.1. The normalized spacial score (nSPS) is 45.7. The summed E-state index contributed by atoms with van der Waals surface area (Å²) >= 11 is 0. The Bertz CT molecular complexity index is 1250. The number of aliphatic hydroxyl groups excluding tert-OH is 11. The highest BCUT2D eigenvalue weighted by molar-refractivity contribution is 5.74. The van der Waals surface area contributed by atoms with Crippen LogP contribution in [0.1, 0.15) is 20.8 Å². The standard InChI is InChI=1S/C30H51N3O21/c1-8(38)31-15-22(45)18(41)11(4-34)49-28(15)54-26-21(44)14(7-37)51-30(23(26)46)53-25-17(33-10(3)40)29(50-13(6-36)20(25)43)52-24-16(32-9(2)39)27(47)48-12(5-35)19(24)42/h11-30,34-37,41-47H,4-7H2,1-3H3,(H,31,38)(H,32,39)(H,33,40)/t11-,12-,13-,14-,15-,16-,17-,18-,19+,20-,21+,22-,23-,24-,25-,26+,27+,28+,29+,30+/m1/s1. The first kappa shape index (κ1) is 44.4. The lowest BCUT2D eigenvalue weighted by Crippen LogP contribution is -2.71. The van der Waals surface area contributed by atoms with Gasteiger partial charge in [-0.25, -0.2) is 0 Å². The van der Waals surface area contributed by atoms with E-state index in [2.05, 4.69) is 16.0 Å². The molecule has 24 heteroatoms. The van der Waals surface area contributed by atoms with Crippen molar-refractivity contribution in [3.05, 3.63) is 0 Å². The van der Waals surface area contributed by atoms with E-state index in [9.17, 15) is 70.6 Å². The van der Waals surface area contributed by atoms with E-state index in [1.54, 1.807) is 0 Å². The van der Waals surface area contributed by atoms with Crippen molar-refractivity contribution in [2.45, 2.75) is 143 Å². The SMILES string of the molecule is CC(=O)N[C@@H]1[C@@H](O[C@@H]2O[C@H](CO)[C@@H](O)[C@H](O[C@@H]3O[C@H](CO)[C@H](O)[C@H](O[C@@H]4O[C@H](CO)[C@@H](O)[C@H](O)[C@H]4NC(C)=O)[C@H]3O)[C@H]2NC(C)=O)[C@@H](O)[C@@H](CO)O[C@@H]1O. The third-order valence-corrected chi connectivity index (χ3v) is 9.41. The van der Waals surface area contributed by atoms with E-state index < -0.39 is 167 Å². The number of carbonyl (C=O) groups is 3. The van der Waals surface area contributed by atoms with Crippen molar-refractivity contribution in [3.63, 3.8) is 0 Å². The van der Waals surface area contributed by atoms with E-state index in [0.717, 1.165) is 20.8 Å². The Hall–Kier alpha value is -2.31. The fraction of sp³-hybridized carbons (Fsp3) is 0.900. The van der Waals surface area contributed by atoms with Gasteiger partial charge in [-0.05, 0) is 0 Å². The molecule has 0 aliphatic carbocycles. The highest BCUT2D eigenvalue weighted by Crippen LogP contribution is 2.34. The Kier molecular flexibility index (Phi) is 15.8. The van der Waals surface area contributed by atoms with Gasteiger partial charge in [-0.2, -0.15) is 0 Å². The van der Waals surface area contributed by atoms with E-state index in [0.29, 0.717) is 0 Å². The van der Waals surface area contributed by atoms with E-state index in [4.69, 9.17) is 33.2 Å². The number of aliphatic hydroxyl groups is 11. The fourth-order valence-corrected chi connectivity index (χ4v) is 6.75. The predicted octanol–water partition coefficient (Wildman–Crippen LogP) is -9.32. The maximum atomic E-state index is 12.5. The number of nitrogens with one attached hydrogen (secondary N) is 3. The van der Waals surface area contributed by atoms with Gasteiger partial charge in [-0.1, -0.05) is 0 Å². The largest absolute Gasteiger partial charge is 0.394 e. The van der Waals surface area contributed by atoms with Crippen molar-refractivity contribution in [1.29, 1.82) is 0 Å². The van der Waals surface area contributed by atoms with Crippen molar-refractivity contribution < 1.29 is 104 Å². The highest BCUT2D eigenvalue weighted by Gasteiger charge is 2.56. The van der Waals surface area contributed by atoms with Crippen LogP contribution in [0.25, 0.3) is 0 Å². The lowest BCUT2D eigenvalue weighted by atomic mass is 9.93. The van der Waals surface area contributed by atoms with Crippen LogP contribution in [0.4, 0.5) is 0 Å². The molecule has 20 atom stereocenters. The van der Waals surface area contributed by atoms with E-state index in [-0.39, 0.29) is 0 Å². The Balaban J connectivity index is 1.66. The first-order valence-electron chi connectivity index (χ1n) is 17.1. The maximum Gasteiger partial charge on any atom is 0.217 e. The summed E-state index contributed by atoms with van der Waals surface area (Å²) in [6, 6.07) is -4.65. The van der Waals surface area contributed by atoms with Gasteiger partial charge in [0.15, 0.2) is 25.2 Å². The first-order chi connectivity index (χ1) is 25.5. The van der Waals surface area contributed by atoms with Crippen LogP contribution in [0.5, 0.6) is 0 Å². The van der Waals surface area contributed by atoms with Crippen molar-refractivity contribution in [3.8, 4) is 0 Å². The molecule has 4 aliphatic heterocycles. The molecule has 0 aromatic carbocycles. The summed E-state index contributed by atoms with van der Waals surface area (Å²) in [5.41, 5.74) is 0. The Morgan fingerprint density at radius 1 is 0.444 bits per heavy atom. The Labute approximate surface area is 307 Å². The zero-order valence-corrected chi connectivity index (χ0v) is 29.4. The zero-order chi connectivity index (χ0) is 40.2. The average molecular weight is 790 g/mol. The predicted molar refractivity (Wildman–Crippen MR) is 169 cm³/mol. The van der Waals surface area contributed by atoms with E-state index in [1.807, 2.05) is 0 Å². The van der Waals surface area contributed by atoms with Crippen LogP contribution >= 0.6 is 0 Å². The molecule has 0 spiro atoms. The smallest absolute Gasteiger partial charge is 0.217 e. The molecule has 24 nitrogen and oxygen atoms in total. The van der Waals surface area contributed by atoms with Gasteiger partial charge >= 0.3 is 0 Å². The molecule has 4 aliphatic rings. The zero-order valence-electron chi connectivity index (χ0n) is 29.4. The monoisotopic (exact) mass is 789 g/mol. The van der Waals surface area contributed by atoms with Crippen molar-refractivity contribution in [2.75, 3.05) is 26.4 Å². The average Bonchev–Trinajstić information content (AvgIpc) is 3.11. The maximum absolute atomic E-state index is 12.5. The van der Waals surface area contributed by atoms with Gasteiger partial charge in [-0.15, -0.1) is 0 Å². The number of hydrogen-bond donors (Lipinski definition) is 14. The molecule has 4 saturated heterocycles. The molecule has 54 heavy (non-hydrogen) atoms. The third kappa shape index (κ3) is 9.79. The van der Waals surface area contributed by atoms with E-state index >= 15 is 0 Å². The third-order valence-electron chi connectivity index (χ3n) is 9.41. The Morgan fingerprint density at radius 2 is 0.796 bits per heavy atom. The number of hydrogen-bond acceptors (Lipinski definition) is 21. The molecule has 4 rings (SSSR count). The fourth-order valence-electron chi connectivity index (χ4n) is 6.75. The van der Waals surface area contributed by atoms with Crippen molar-refractivity contribution >= 4 is 17.7 Å². The molecule has 0 aromatic heterocycles. The molecule has 4 fully saturated rings. The summed E-state index contributed by atoms with van der Waals surface area (Å²) < 4.78 is 39.8. The van der Waals surface area contributed by atoms with Crippen LogP contribution < -0.4 is 16.0 Å². The highest BCUT2D eigenvalue weighted by atomic mass is 16.7. The molecule has 0 aromatic rings. The van der Waals surface area contributed by atoms with Crippen LogP contribution in [0.15, 0.2) is 0 Å². The summed E-state index contributed by atoms with van der Waals surface area (Å²) in [6.45, 7) is -0.253. The number of carbonyl (C=O) groups excluding carboxylic acids is 3. The number of rotatable bonds is 13. The van der Waals surface area contributed by atoms with Crippen LogP contribution in [0.3, 0.4) is 0 Å². The molecule has 312 valence electrons. The number of amides is 3. The van der Waals surface area contributed by atoms with Gasteiger partial charge in [0.1, 0.15) is 97.5 Å². The second kappa shape index (κ2) is 19.2. The lowest BCUT2D eigenvalue weighted by Gasteiger charge is -2.50. The molecule has 3 amide bonds. The van der Waals surface area contributed by atoms with Gasteiger partial charge < -0.3 is 105 Å². The summed E-state index contributed by atoms with van der Waals surface area (Å²) in [7, 11) is 0. The molecular weight excluding hydrogens is 738 g/mol. The van der Waals surface area contributed by atoms with Crippen LogP contribution in [-0.4, -0.2) is 223 Å². The second-order valence-electron chi connectivity index (χ2n) is 13.3. The molecule has 0 radical (unpaired) electrons. The van der Waals surface area contributed by atoms with Crippen LogP contribution in [0.2, 0.25) is 0 Å². The molecular formula is C30H51N3O21. The molecule has 0 bridgehead atoms. The summed E-state index contributed by atoms with van der Waals surface area (Å²) in [5.74, 6) is -2.18. The van der Waals surface area contributed by atoms with Crippen LogP contribution in [-0.2, 0) is 47.5 Å². The minimum atomic E-state index is -2.08. The van der Waals surface area contributed by atoms with Gasteiger partial charge in [0.2, 0.25) is 17.7 Å². The Morgan fingerprint density at radius 3 is 1.30 bits per heavy atom. The van der Waals surface area contributed by atoms with E-state index in [1.165, 1.54) is 0 Å². The quantitative estimate of drug-likeness (QED) is 0.0823. The topological polar surface area (TPSA) is 374 Å². The minimum Gasteiger partial charge on any atom is -0.394 e. The molecule has 0 unspecified atom stereocenters. The van der Waals surface area contributed by atoms with Gasteiger partial charge in [0.05, 0.1) is 26.4 Å². The molecule has 14 N–H and O–H groups in total. The molecule has 4 heterocycles. The summed E-state index contributed by atoms with van der Waals surface area (Å²) in [6.07, 6.45) is -29.8. The molecule has 0 saturated carbocycles. The number of ether oxygens (including phenoxy) is 7. The van der Waals surface area contributed by atoms with Crippen molar-refractivity contribution in [1.82, 2.24) is 16.0 Å². The van der Waals surface area contributed by atoms with Gasteiger partial charge in [0.25, 0.3) is 0 Å². The van der Waals surface area contributed by atoms with Crippen LogP contribution in [0, 0.1) is 0 Å². The van der Waals surface area contributed by atoms with Gasteiger partial charge in [-0.3, -0.25) is 14.4 Å². The second-order valence-corrected chi connectivity index (χ2v) is 13.3. The van der Waals surface area contributed by atoms with Gasteiger partial charge in [0, 0.05) is 20.8 Å². The summed E-state index contributed by atoms with van der Waals surface area (Å²) in [5, 5.41) is 123. The van der Waals surface area contributed by atoms with Crippen molar-refractivity contribution in [2.24, 2.45) is 0 Å². The summed E-state index contributed by atoms with van der Waals surface area (Å²) in [4.78, 5) is 36.4.